The van der Waals surface area contributed by atoms with Crippen LogP contribution in [0.3, 0.4) is 0 Å². The minimum absolute atomic E-state index is 0.115. The standard InChI is InChI=1S/C12H13NO2/c1-13-9-11-6-2-4-10(8-11)5-3-7-12(14)15/h2,4,6,8,13H,7,9H2,1H3,(H,14,15). The molecule has 0 aliphatic heterocycles. The summed E-state index contributed by atoms with van der Waals surface area (Å²) in [7, 11) is 1.88. The first kappa shape index (κ1) is 11.3. The lowest BCUT2D eigenvalue weighted by Gasteiger charge is -1.99. The highest BCUT2D eigenvalue weighted by Gasteiger charge is 1.92. The second-order valence-corrected chi connectivity index (χ2v) is 3.10. The van der Waals surface area contributed by atoms with E-state index >= 15 is 0 Å². The van der Waals surface area contributed by atoms with E-state index in [2.05, 4.69) is 17.2 Å². The zero-order valence-corrected chi connectivity index (χ0v) is 8.58. The molecular formula is C12H13NO2. The Bertz CT molecular complexity index is 402. The number of benzene rings is 1. The summed E-state index contributed by atoms with van der Waals surface area (Å²) in [6, 6.07) is 7.73. The molecule has 0 bridgehead atoms. The predicted molar refractivity (Wildman–Crippen MR) is 58.3 cm³/mol. The maximum absolute atomic E-state index is 10.2. The molecule has 0 fully saturated rings. The summed E-state index contributed by atoms with van der Waals surface area (Å²) >= 11 is 0. The highest BCUT2D eigenvalue weighted by molar-refractivity contribution is 5.70. The van der Waals surface area contributed by atoms with Crippen LogP contribution in [-0.4, -0.2) is 18.1 Å². The second-order valence-electron chi connectivity index (χ2n) is 3.10. The molecule has 1 aromatic carbocycles. The highest BCUT2D eigenvalue weighted by atomic mass is 16.4. The van der Waals surface area contributed by atoms with Crippen molar-refractivity contribution in [2.75, 3.05) is 7.05 Å². The third kappa shape index (κ3) is 4.30. The molecule has 0 saturated heterocycles. The molecule has 3 heteroatoms. The van der Waals surface area contributed by atoms with E-state index < -0.39 is 5.97 Å². The van der Waals surface area contributed by atoms with E-state index in [1.54, 1.807) is 0 Å². The maximum Gasteiger partial charge on any atom is 0.315 e. The highest BCUT2D eigenvalue weighted by Crippen LogP contribution is 2.03. The molecule has 0 radical (unpaired) electrons. The van der Waals surface area contributed by atoms with Gasteiger partial charge in [-0.15, -0.1) is 0 Å². The second kappa shape index (κ2) is 5.84. The molecule has 0 aromatic heterocycles. The SMILES string of the molecule is CNCc1cccc(C#CCC(=O)O)c1. The Morgan fingerprint density at radius 2 is 2.33 bits per heavy atom. The summed E-state index contributed by atoms with van der Waals surface area (Å²) in [4.78, 5) is 10.2. The number of nitrogens with one attached hydrogen (secondary N) is 1. The van der Waals surface area contributed by atoms with Crippen molar-refractivity contribution in [1.82, 2.24) is 5.32 Å². The van der Waals surface area contributed by atoms with Crippen molar-refractivity contribution in [3.8, 4) is 11.8 Å². The van der Waals surface area contributed by atoms with Gasteiger partial charge in [0.05, 0.1) is 0 Å². The normalized spacial score (nSPS) is 9.13. The molecule has 0 aliphatic carbocycles. The zero-order chi connectivity index (χ0) is 11.1. The Morgan fingerprint density at radius 1 is 1.53 bits per heavy atom. The number of carboxylic acid groups (broad SMARTS) is 1. The largest absolute Gasteiger partial charge is 0.481 e. The minimum atomic E-state index is -0.895. The summed E-state index contributed by atoms with van der Waals surface area (Å²) in [6.45, 7) is 0.786. The van der Waals surface area contributed by atoms with E-state index in [4.69, 9.17) is 5.11 Å². The molecule has 0 saturated carbocycles. The van der Waals surface area contributed by atoms with Gasteiger partial charge in [-0.25, -0.2) is 0 Å². The van der Waals surface area contributed by atoms with Crippen molar-refractivity contribution in [3.63, 3.8) is 0 Å². The van der Waals surface area contributed by atoms with Gasteiger partial charge in [0.25, 0.3) is 0 Å². The number of carbonyl (C=O) groups is 1. The topological polar surface area (TPSA) is 49.3 Å². The number of hydrogen-bond donors (Lipinski definition) is 2. The van der Waals surface area contributed by atoms with Gasteiger partial charge in [-0.3, -0.25) is 4.79 Å². The van der Waals surface area contributed by atoms with Gasteiger partial charge in [0.2, 0.25) is 0 Å². The summed E-state index contributed by atoms with van der Waals surface area (Å²) in [6.07, 6.45) is -0.115. The van der Waals surface area contributed by atoms with E-state index in [1.807, 2.05) is 31.3 Å². The molecule has 15 heavy (non-hydrogen) atoms. The lowest BCUT2D eigenvalue weighted by Crippen LogP contribution is -2.04. The van der Waals surface area contributed by atoms with Crippen molar-refractivity contribution in [2.45, 2.75) is 13.0 Å². The van der Waals surface area contributed by atoms with Crippen LogP contribution in [0.25, 0.3) is 0 Å². The van der Waals surface area contributed by atoms with Gasteiger partial charge in [-0.05, 0) is 24.7 Å². The van der Waals surface area contributed by atoms with Crippen LogP contribution in [0.5, 0.6) is 0 Å². The third-order valence-corrected chi connectivity index (χ3v) is 1.78. The molecule has 0 heterocycles. The van der Waals surface area contributed by atoms with Crippen LogP contribution in [0.1, 0.15) is 17.5 Å². The van der Waals surface area contributed by atoms with E-state index in [-0.39, 0.29) is 6.42 Å². The average molecular weight is 203 g/mol. The van der Waals surface area contributed by atoms with Gasteiger partial charge in [0.1, 0.15) is 6.42 Å². The van der Waals surface area contributed by atoms with E-state index in [9.17, 15) is 4.79 Å². The number of rotatable bonds is 3. The van der Waals surface area contributed by atoms with E-state index in [0.717, 1.165) is 17.7 Å². The predicted octanol–water partition coefficient (Wildman–Crippen LogP) is 1.23. The molecule has 0 spiro atoms. The van der Waals surface area contributed by atoms with Gasteiger partial charge in [0, 0.05) is 12.1 Å². The van der Waals surface area contributed by atoms with Crippen molar-refractivity contribution >= 4 is 5.97 Å². The van der Waals surface area contributed by atoms with Gasteiger partial charge in [-0.1, -0.05) is 24.0 Å². The fourth-order valence-corrected chi connectivity index (χ4v) is 1.19. The summed E-state index contributed by atoms with van der Waals surface area (Å²) in [5.41, 5.74) is 1.99. The smallest absolute Gasteiger partial charge is 0.315 e. The fourth-order valence-electron chi connectivity index (χ4n) is 1.19. The molecular weight excluding hydrogens is 190 g/mol. The molecule has 0 unspecified atom stereocenters. The van der Waals surface area contributed by atoms with Gasteiger partial charge >= 0.3 is 5.97 Å². The first-order chi connectivity index (χ1) is 7.22. The molecule has 0 aliphatic rings. The summed E-state index contributed by atoms with van der Waals surface area (Å²) in [5, 5.41) is 11.5. The van der Waals surface area contributed by atoms with Crippen LogP contribution < -0.4 is 5.32 Å². The fraction of sp³-hybridized carbons (Fsp3) is 0.250. The first-order valence-corrected chi connectivity index (χ1v) is 4.66. The van der Waals surface area contributed by atoms with Crippen molar-refractivity contribution in [2.24, 2.45) is 0 Å². The molecule has 0 atom stereocenters. The van der Waals surface area contributed by atoms with E-state index in [1.165, 1.54) is 0 Å². The number of carboxylic acids is 1. The Balaban J connectivity index is 2.71. The molecule has 0 amide bonds. The number of hydrogen-bond acceptors (Lipinski definition) is 2. The Morgan fingerprint density at radius 3 is 3.00 bits per heavy atom. The lowest BCUT2D eigenvalue weighted by molar-refractivity contribution is -0.135. The van der Waals surface area contributed by atoms with Crippen LogP contribution >= 0.6 is 0 Å². The minimum Gasteiger partial charge on any atom is -0.481 e. The quantitative estimate of drug-likeness (QED) is 0.726. The maximum atomic E-state index is 10.2. The van der Waals surface area contributed by atoms with Crippen LogP contribution in [0.2, 0.25) is 0 Å². The summed E-state index contributed by atoms with van der Waals surface area (Å²) < 4.78 is 0. The average Bonchev–Trinajstić information content (AvgIpc) is 2.18. The van der Waals surface area contributed by atoms with Crippen molar-refractivity contribution in [3.05, 3.63) is 35.4 Å². The Labute approximate surface area is 89.1 Å². The van der Waals surface area contributed by atoms with Crippen LogP contribution in [0, 0.1) is 11.8 Å². The molecule has 1 rings (SSSR count). The first-order valence-electron chi connectivity index (χ1n) is 4.66. The summed E-state index contributed by atoms with van der Waals surface area (Å²) in [5.74, 6) is 4.52. The third-order valence-electron chi connectivity index (χ3n) is 1.78. The monoisotopic (exact) mass is 203 g/mol. The van der Waals surface area contributed by atoms with E-state index in [0.29, 0.717) is 0 Å². The Kier molecular flexibility index (Phi) is 4.39. The lowest BCUT2D eigenvalue weighted by atomic mass is 10.1. The van der Waals surface area contributed by atoms with Crippen LogP contribution in [0.15, 0.2) is 24.3 Å². The Hall–Kier alpha value is -1.79. The van der Waals surface area contributed by atoms with Gasteiger partial charge < -0.3 is 10.4 Å². The zero-order valence-electron chi connectivity index (χ0n) is 8.58. The van der Waals surface area contributed by atoms with Crippen LogP contribution in [-0.2, 0) is 11.3 Å². The molecule has 3 nitrogen and oxygen atoms in total. The number of aliphatic carboxylic acids is 1. The van der Waals surface area contributed by atoms with Crippen molar-refractivity contribution < 1.29 is 9.90 Å². The van der Waals surface area contributed by atoms with Crippen molar-refractivity contribution in [1.29, 1.82) is 0 Å². The molecule has 78 valence electrons. The van der Waals surface area contributed by atoms with Gasteiger partial charge in [0.15, 0.2) is 0 Å². The van der Waals surface area contributed by atoms with Gasteiger partial charge in [-0.2, -0.15) is 0 Å². The molecule has 2 N–H and O–H groups in total. The van der Waals surface area contributed by atoms with Crippen LogP contribution in [0.4, 0.5) is 0 Å². The molecule has 1 aromatic rings.